The lowest BCUT2D eigenvalue weighted by molar-refractivity contribution is -0.145. The van der Waals surface area contributed by atoms with Gasteiger partial charge in [-0.15, -0.1) is 11.3 Å². The number of aromatic nitrogens is 2. The molecule has 2 aromatic heterocycles. The number of thiazole rings is 1. The summed E-state index contributed by atoms with van der Waals surface area (Å²) in [6.07, 6.45) is 9.41. The average Bonchev–Trinajstić information content (AvgIpc) is 3.58. The number of carbonyl (C=O) groups is 5. The Morgan fingerprint density at radius 2 is 1.82 bits per heavy atom. The van der Waals surface area contributed by atoms with Crippen LogP contribution in [-0.2, 0) is 23.9 Å². The monoisotopic (exact) mass is 774 g/mol. The summed E-state index contributed by atoms with van der Waals surface area (Å²) in [5, 5.41) is 21.4. The van der Waals surface area contributed by atoms with Crippen LogP contribution in [0.25, 0.3) is 22.3 Å². The van der Waals surface area contributed by atoms with Crippen molar-refractivity contribution in [3.63, 3.8) is 0 Å². The second kappa shape index (κ2) is 16.2. The number of anilines is 1. The Kier molecular flexibility index (Phi) is 11.2. The molecule has 2 aliphatic heterocycles. The van der Waals surface area contributed by atoms with Crippen molar-refractivity contribution < 1.29 is 43.3 Å². The zero-order valence-electron chi connectivity index (χ0n) is 30.9. The fourth-order valence-corrected chi connectivity index (χ4v) is 8.54. The van der Waals surface area contributed by atoms with E-state index in [2.05, 4.69) is 20.9 Å². The van der Waals surface area contributed by atoms with Gasteiger partial charge in [0.2, 0.25) is 17.7 Å². The minimum Gasteiger partial charge on any atom is -0.497 e. The smallest absolute Gasteiger partial charge is 0.408 e. The minimum absolute atomic E-state index is 0.00510. The van der Waals surface area contributed by atoms with E-state index in [0.717, 1.165) is 44.9 Å². The number of benzene rings is 1. The molecule has 4 aliphatic rings. The van der Waals surface area contributed by atoms with Crippen molar-refractivity contribution in [2.45, 2.75) is 107 Å². The molecule has 0 radical (unpaired) electrons. The SMILES string of the molecule is COc1ccc2c(O[C@@H]3C[C@H]4C(=O)N[C@]5(C(=O)O)C[C@H]5/C=C\CCCCC[C@@H](NC(=O)OC5CCCC5)C(=O)N4C3)cc(-c3csc(NC(C)=O)n3)nc2c1. The van der Waals surface area contributed by atoms with Gasteiger partial charge in [0.15, 0.2) is 5.13 Å². The molecule has 55 heavy (non-hydrogen) atoms. The zero-order valence-corrected chi connectivity index (χ0v) is 31.7. The maximum Gasteiger partial charge on any atom is 0.408 e. The molecule has 1 aromatic carbocycles. The number of rotatable bonds is 8. The van der Waals surface area contributed by atoms with Gasteiger partial charge in [-0.25, -0.2) is 19.6 Å². The number of carbonyl (C=O) groups excluding carboxylic acids is 4. The topological polar surface area (TPSA) is 198 Å². The molecule has 3 fully saturated rings. The highest BCUT2D eigenvalue weighted by molar-refractivity contribution is 7.14. The van der Waals surface area contributed by atoms with Crippen LogP contribution in [0.2, 0.25) is 0 Å². The highest BCUT2D eigenvalue weighted by Gasteiger charge is 2.61. The third-order valence-corrected chi connectivity index (χ3v) is 11.6. The molecule has 7 rings (SSSR count). The Balaban J connectivity index is 1.20. The molecule has 4 amide bonds. The second-order valence-corrected chi connectivity index (χ2v) is 15.6. The van der Waals surface area contributed by atoms with E-state index in [0.29, 0.717) is 51.8 Å². The van der Waals surface area contributed by atoms with Crippen molar-refractivity contribution in [2.24, 2.45) is 5.92 Å². The van der Waals surface area contributed by atoms with E-state index in [4.69, 9.17) is 19.2 Å². The second-order valence-electron chi connectivity index (χ2n) is 14.7. The van der Waals surface area contributed by atoms with Gasteiger partial charge < -0.3 is 40.2 Å². The summed E-state index contributed by atoms with van der Waals surface area (Å²) < 4.78 is 17.8. The van der Waals surface area contributed by atoms with Crippen molar-refractivity contribution in [3.05, 3.63) is 41.8 Å². The number of hydrogen-bond acceptors (Lipinski definition) is 11. The van der Waals surface area contributed by atoms with E-state index in [9.17, 15) is 29.1 Å². The number of ether oxygens (including phenoxy) is 3. The number of nitrogens with one attached hydrogen (secondary N) is 3. The van der Waals surface area contributed by atoms with E-state index in [1.807, 2.05) is 18.2 Å². The Bertz CT molecular complexity index is 2000. The maximum absolute atomic E-state index is 14.5. The van der Waals surface area contributed by atoms with E-state index >= 15 is 0 Å². The first-order valence-corrected chi connectivity index (χ1v) is 19.8. The standard InChI is InChI=1S/C39H46N6O9S/c1-22(46)40-37-42-31(21-55-37)30-18-33(27-15-14-25(52-2)16-29(27)41-30)53-26-17-32-34(47)44-39(36(49)50)19-23(39)10-6-4-3-5-7-13-28(35(48)45(32)20-26)43-38(51)54-24-11-8-9-12-24/h6,10,14-16,18,21,23-24,26,28,32H,3-5,7-9,11-13,17,19-20H2,1-2H3,(H,43,51)(H,44,47)(H,49,50)(H,40,42,46)/b10-6-/t23-,26-,28-,32+,39-/m1/s1. The molecule has 16 heteroatoms. The van der Waals surface area contributed by atoms with Crippen LogP contribution in [0, 0.1) is 5.92 Å². The van der Waals surface area contributed by atoms with Crippen molar-refractivity contribution in [3.8, 4) is 22.9 Å². The number of aliphatic carboxylic acids is 1. The molecule has 5 atom stereocenters. The number of methoxy groups -OCH3 is 1. The average molecular weight is 775 g/mol. The molecule has 0 unspecified atom stereocenters. The summed E-state index contributed by atoms with van der Waals surface area (Å²) >= 11 is 1.25. The summed E-state index contributed by atoms with van der Waals surface area (Å²) in [6, 6.07) is 5.03. The van der Waals surface area contributed by atoms with E-state index < -0.39 is 47.6 Å². The van der Waals surface area contributed by atoms with Crippen LogP contribution in [0.1, 0.15) is 77.6 Å². The zero-order chi connectivity index (χ0) is 38.7. The number of pyridine rings is 1. The van der Waals surface area contributed by atoms with Gasteiger partial charge in [-0.2, -0.15) is 0 Å². The Morgan fingerprint density at radius 3 is 2.58 bits per heavy atom. The lowest BCUT2D eigenvalue weighted by Crippen LogP contribution is -2.56. The van der Waals surface area contributed by atoms with E-state index in [1.54, 1.807) is 30.7 Å². The summed E-state index contributed by atoms with van der Waals surface area (Å²) in [6.45, 7) is 1.39. The van der Waals surface area contributed by atoms with Crippen molar-refractivity contribution in [1.29, 1.82) is 0 Å². The molecular formula is C39H46N6O9S. The summed E-state index contributed by atoms with van der Waals surface area (Å²) in [5.74, 6) is -1.83. The molecule has 0 bridgehead atoms. The van der Waals surface area contributed by atoms with Crippen molar-refractivity contribution in [2.75, 3.05) is 19.0 Å². The quantitative estimate of drug-likeness (QED) is 0.220. The first kappa shape index (κ1) is 38.0. The third kappa shape index (κ3) is 8.53. The highest BCUT2D eigenvalue weighted by Crippen LogP contribution is 2.45. The molecule has 2 aliphatic carbocycles. The van der Waals surface area contributed by atoms with Crippen LogP contribution >= 0.6 is 11.3 Å². The number of hydrogen-bond donors (Lipinski definition) is 4. The molecular weight excluding hydrogens is 729 g/mol. The molecule has 15 nitrogen and oxygen atoms in total. The number of alkyl carbamates (subject to hydrolysis) is 1. The van der Waals surface area contributed by atoms with Crippen LogP contribution < -0.4 is 25.4 Å². The summed E-state index contributed by atoms with van der Waals surface area (Å²) in [5.41, 5.74) is 0.0426. The first-order valence-electron chi connectivity index (χ1n) is 18.9. The summed E-state index contributed by atoms with van der Waals surface area (Å²) in [4.78, 5) is 76.8. The lowest BCUT2D eigenvalue weighted by atomic mass is 10.0. The van der Waals surface area contributed by atoms with Gasteiger partial charge in [-0.3, -0.25) is 14.4 Å². The Hall–Kier alpha value is -5.25. The van der Waals surface area contributed by atoms with Gasteiger partial charge in [-0.1, -0.05) is 25.0 Å². The number of amides is 4. The van der Waals surface area contributed by atoms with Crippen LogP contribution in [0.5, 0.6) is 11.5 Å². The minimum atomic E-state index is -1.47. The molecule has 292 valence electrons. The van der Waals surface area contributed by atoms with Gasteiger partial charge in [0.1, 0.15) is 47.0 Å². The third-order valence-electron chi connectivity index (χ3n) is 10.8. The Morgan fingerprint density at radius 1 is 1.02 bits per heavy atom. The molecule has 3 aromatic rings. The number of nitrogens with zero attached hydrogens (tertiary/aromatic N) is 3. The van der Waals surface area contributed by atoms with Gasteiger partial charge in [0.05, 0.1) is 24.9 Å². The van der Waals surface area contributed by atoms with Crippen LogP contribution in [-0.4, -0.2) is 93.2 Å². The number of fused-ring (bicyclic) bond motifs is 3. The largest absolute Gasteiger partial charge is 0.497 e. The molecule has 4 heterocycles. The molecule has 0 spiro atoms. The van der Waals surface area contributed by atoms with Crippen LogP contribution in [0.15, 0.2) is 41.8 Å². The molecule has 1 saturated heterocycles. The van der Waals surface area contributed by atoms with Crippen molar-refractivity contribution >= 4 is 57.2 Å². The number of allylic oxidation sites excluding steroid dienone is 1. The Labute approximate surface area is 322 Å². The predicted octanol–water partition coefficient (Wildman–Crippen LogP) is 5.19. The lowest BCUT2D eigenvalue weighted by Gasteiger charge is -2.29. The first-order chi connectivity index (χ1) is 26.5. The fraction of sp³-hybridized carbons (Fsp3) is 0.513. The van der Waals surface area contributed by atoms with E-state index in [-0.39, 0.29) is 37.3 Å². The predicted molar refractivity (Wildman–Crippen MR) is 203 cm³/mol. The highest BCUT2D eigenvalue weighted by atomic mass is 32.1. The fourth-order valence-electron chi connectivity index (χ4n) is 7.79. The molecule has 2 saturated carbocycles. The van der Waals surface area contributed by atoms with Gasteiger partial charge in [-0.05, 0) is 63.5 Å². The summed E-state index contributed by atoms with van der Waals surface area (Å²) in [7, 11) is 1.55. The number of carboxylic acid groups (broad SMARTS) is 1. The van der Waals surface area contributed by atoms with Gasteiger partial charge in [0, 0.05) is 42.2 Å². The molecule has 4 N–H and O–H groups in total. The van der Waals surface area contributed by atoms with Gasteiger partial charge >= 0.3 is 12.1 Å². The van der Waals surface area contributed by atoms with E-state index in [1.165, 1.54) is 23.2 Å². The normalized spacial score (nSPS) is 26.5. The van der Waals surface area contributed by atoms with Gasteiger partial charge in [0.25, 0.3) is 0 Å². The maximum atomic E-state index is 14.5. The van der Waals surface area contributed by atoms with Crippen LogP contribution in [0.4, 0.5) is 9.93 Å². The van der Waals surface area contributed by atoms with Crippen molar-refractivity contribution in [1.82, 2.24) is 25.5 Å². The van der Waals surface area contributed by atoms with Crippen LogP contribution in [0.3, 0.4) is 0 Å². The number of carboxylic acids is 1.